The Kier molecular flexibility index (Phi) is 3.86. The summed E-state index contributed by atoms with van der Waals surface area (Å²) in [6.07, 6.45) is 3.57. The molecule has 0 atom stereocenters. The molecule has 3 N–H and O–H groups in total. The van der Waals surface area contributed by atoms with Gasteiger partial charge >= 0.3 is 0 Å². The lowest BCUT2D eigenvalue weighted by Gasteiger charge is -2.35. The standard InChI is InChI=1S/C12H20N4O2/c1-15-10(8-13)12(14)16(5-2-11(15)17)9-3-6-18-7-4-9/h8-9,14H,2-7,13H2,1H3. The van der Waals surface area contributed by atoms with Crippen LogP contribution in [0, 0.1) is 5.41 Å². The molecule has 0 unspecified atom stereocenters. The largest absolute Gasteiger partial charge is 0.403 e. The quantitative estimate of drug-likeness (QED) is 0.693. The monoisotopic (exact) mass is 252 g/mol. The van der Waals surface area contributed by atoms with Crippen LogP contribution >= 0.6 is 0 Å². The first kappa shape index (κ1) is 12.9. The molecule has 0 aromatic rings. The molecule has 2 aliphatic heterocycles. The van der Waals surface area contributed by atoms with Crippen LogP contribution in [0.5, 0.6) is 0 Å². The van der Waals surface area contributed by atoms with Gasteiger partial charge < -0.3 is 20.3 Å². The smallest absolute Gasteiger partial charge is 0.228 e. The zero-order valence-electron chi connectivity index (χ0n) is 10.7. The molecular weight excluding hydrogens is 232 g/mol. The lowest BCUT2D eigenvalue weighted by molar-refractivity contribution is -0.127. The van der Waals surface area contributed by atoms with E-state index in [0.29, 0.717) is 24.5 Å². The van der Waals surface area contributed by atoms with E-state index in [1.54, 1.807) is 7.05 Å². The van der Waals surface area contributed by atoms with Crippen LogP contribution in [0.3, 0.4) is 0 Å². The molecule has 2 aliphatic rings. The molecule has 0 aliphatic carbocycles. The second-order valence-corrected chi connectivity index (χ2v) is 4.64. The van der Waals surface area contributed by atoms with Gasteiger partial charge in [-0.2, -0.15) is 0 Å². The number of hydrogen-bond donors (Lipinski definition) is 2. The van der Waals surface area contributed by atoms with Crippen molar-refractivity contribution in [2.24, 2.45) is 5.73 Å². The average molecular weight is 252 g/mol. The van der Waals surface area contributed by atoms with Crippen molar-refractivity contribution in [2.75, 3.05) is 26.8 Å². The molecule has 0 saturated carbocycles. The third-order valence-corrected chi connectivity index (χ3v) is 3.62. The second kappa shape index (κ2) is 5.39. The Labute approximate surface area is 107 Å². The number of hydrogen-bond acceptors (Lipinski definition) is 4. The zero-order valence-corrected chi connectivity index (χ0v) is 10.7. The molecule has 6 nitrogen and oxygen atoms in total. The number of nitrogens with one attached hydrogen (secondary N) is 1. The molecule has 0 bridgehead atoms. The predicted molar refractivity (Wildman–Crippen MR) is 67.9 cm³/mol. The van der Waals surface area contributed by atoms with Crippen molar-refractivity contribution in [3.63, 3.8) is 0 Å². The van der Waals surface area contributed by atoms with Gasteiger partial charge in [-0.3, -0.25) is 10.2 Å². The number of likely N-dealkylation sites (N-methyl/N-ethyl adjacent to an activating group) is 1. The molecule has 0 radical (unpaired) electrons. The number of amides is 1. The van der Waals surface area contributed by atoms with E-state index < -0.39 is 0 Å². The van der Waals surface area contributed by atoms with Crippen molar-refractivity contribution in [3.8, 4) is 0 Å². The fourth-order valence-electron chi connectivity index (χ4n) is 2.49. The maximum atomic E-state index is 11.8. The fraction of sp³-hybridized carbons (Fsp3) is 0.667. The molecule has 2 fully saturated rings. The Morgan fingerprint density at radius 2 is 2.11 bits per heavy atom. The maximum Gasteiger partial charge on any atom is 0.228 e. The number of carbonyl (C=O) groups excluding carboxylic acids is 1. The summed E-state index contributed by atoms with van der Waals surface area (Å²) in [5.41, 5.74) is 6.05. The van der Waals surface area contributed by atoms with Crippen molar-refractivity contribution in [1.29, 1.82) is 5.41 Å². The zero-order chi connectivity index (χ0) is 13.1. The first-order chi connectivity index (χ1) is 8.65. The van der Waals surface area contributed by atoms with E-state index in [0.717, 1.165) is 26.1 Å². The van der Waals surface area contributed by atoms with Crippen LogP contribution in [0.15, 0.2) is 11.9 Å². The Morgan fingerprint density at radius 3 is 2.72 bits per heavy atom. The maximum absolute atomic E-state index is 11.8. The van der Waals surface area contributed by atoms with Gasteiger partial charge in [-0.05, 0) is 12.8 Å². The van der Waals surface area contributed by atoms with Crippen LogP contribution < -0.4 is 5.73 Å². The Hall–Kier alpha value is -1.56. The Morgan fingerprint density at radius 1 is 1.44 bits per heavy atom. The summed E-state index contributed by atoms with van der Waals surface area (Å²) in [7, 11) is 1.67. The number of nitrogens with two attached hydrogens (primary N) is 1. The molecule has 1 amide bonds. The molecule has 2 rings (SSSR count). The van der Waals surface area contributed by atoms with E-state index in [2.05, 4.69) is 0 Å². The number of amidine groups is 1. The molecule has 2 heterocycles. The first-order valence-electron chi connectivity index (χ1n) is 6.27. The van der Waals surface area contributed by atoms with Crippen molar-refractivity contribution in [2.45, 2.75) is 25.3 Å². The highest BCUT2D eigenvalue weighted by molar-refractivity contribution is 6.00. The van der Waals surface area contributed by atoms with E-state index >= 15 is 0 Å². The van der Waals surface area contributed by atoms with Gasteiger partial charge in [0.15, 0.2) is 0 Å². The summed E-state index contributed by atoms with van der Waals surface area (Å²) in [6.45, 7) is 2.03. The second-order valence-electron chi connectivity index (χ2n) is 4.64. The number of carbonyl (C=O) groups is 1. The van der Waals surface area contributed by atoms with Gasteiger partial charge in [-0.1, -0.05) is 0 Å². The van der Waals surface area contributed by atoms with Crippen LogP contribution in [-0.4, -0.2) is 54.4 Å². The van der Waals surface area contributed by atoms with Crippen molar-refractivity contribution in [3.05, 3.63) is 11.9 Å². The molecule has 6 heteroatoms. The minimum absolute atomic E-state index is 0.00556. The lowest BCUT2D eigenvalue weighted by atomic mass is 10.1. The third-order valence-electron chi connectivity index (χ3n) is 3.62. The highest BCUT2D eigenvalue weighted by atomic mass is 16.5. The highest BCUT2D eigenvalue weighted by Crippen LogP contribution is 2.21. The minimum Gasteiger partial charge on any atom is -0.403 e. The van der Waals surface area contributed by atoms with Gasteiger partial charge in [0.05, 0.1) is 0 Å². The summed E-state index contributed by atoms with van der Waals surface area (Å²) in [4.78, 5) is 15.3. The van der Waals surface area contributed by atoms with Crippen molar-refractivity contribution in [1.82, 2.24) is 9.80 Å². The van der Waals surface area contributed by atoms with Crippen LogP contribution in [0.4, 0.5) is 0 Å². The average Bonchev–Trinajstić information content (AvgIpc) is 2.50. The van der Waals surface area contributed by atoms with E-state index in [-0.39, 0.29) is 11.9 Å². The van der Waals surface area contributed by atoms with Crippen molar-refractivity contribution < 1.29 is 9.53 Å². The van der Waals surface area contributed by atoms with E-state index in [1.165, 1.54) is 11.1 Å². The normalized spacial score (nSPS) is 25.7. The fourth-order valence-corrected chi connectivity index (χ4v) is 2.49. The van der Waals surface area contributed by atoms with Crippen LogP contribution in [0.1, 0.15) is 19.3 Å². The topological polar surface area (TPSA) is 82.7 Å². The molecule has 100 valence electrons. The number of rotatable bonds is 1. The summed E-state index contributed by atoms with van der Waals surface area (Å²) >= 11 is 0. The van der Waals surface area contributed by atoms with Crippen molar-refractivity contribution >= 4 is 11.7 Å². The van der Waals surface area contributed by atoms with Gasteiger partial charge in [0.1, 0.15) is 11.5 Å². The lowest BCUT2D eigenvalue weighted by Crippen LogP contribution is -2.44. The summed E-state index contributed by atoms with van der Waals surface area (Å²) < 4.78 is 5.34. The van der Waals surface area contributed by atoms with Gasteiger partial charge in [0.2, 0.25) is 5.91 Å². The number of ether oxygens (including phenoxy) is 1. The summed E-state index contributed by atoms with van der Waals surface area (Å²) in [5.74, 6) is 0.351. The Balaban J connectivity index is 2.20. The van der Waals surface area contributed by atoms with E-state index in [9.17, 15) is 4.79 Å². The van der Waals surface area contributed by atoms with Gasteiger partial charge in [-0.25, -0.2) is 0 Å². The Bertz CT molecular complexity index is 374. The number of nitrogens with zero attached hydrogens (tertiary/aromatic N) is 2. The summed E-state index contributed by atoms with van der Waals surface area (Å²) in [6, 6.07) is 0.278. The molecular formula is C12H20N4O2. The minimum atomic E-state index is 0.00556. The molecule has 18 heavy (non-hydrogen) atoms. The van der Waals surface area contributed by atoms with Crippen LogP contribution in [-0.2, 0) is 9.53 Å². The molecule has 0 aromatic heterocycles. The molecule has 2 saturated heterocycles. The SMILES string of the molecule is CN1C(=O)CCN(C2CCOCC2)C(=N)C1=CN. The van der Waals surface area contributed by atoms with Gasteiger partial charge in [0, 0.05) is 45.5 Å². The van der Waals surface area contributed by atoms with E-state index in [1.807, 2.05) is 4.90 Å². The molecule has 0 spiro atoms. The van der Waals surface area contributed by atoms with E-state index in [4.69, 9.17) is 15.9 Å². The molecule has 0 aromatic carbocycles. The van der Waals surface area contributed by atoms with Gasteiger partial charge in [-0.15, -0.1) is 0 Å². The third kappa shape index (κ3) is 2.33. The first-order valence-corrected chi connectivity index (χ1v) is 6.27. The predicted octanol–water partition coefficient (Wildman–Crippen LogP) is 0.107. The summed E-state index contributed by atoms with van der Waals surface area (Å²) in [5, 5.41) is 8.24. The van der Waals surface area contributed by atoms with Gasteiger partial charge in [0.25, 0.3) is 0 Å². The van der Waals surface area contributed by atoms with Crippen LogP contribution in [0.2, 0.25) is 0 Å². The van der Waals surface area contributed by atoms with Crippen LogP contribution in [0.25, 0.3) is 0 Å². The highest BCUT2D eigenvalue weighted by Gasteiger charge is 2.31.